The van der Waals surface area contributed by atoms with Gasteiger partial charge in [0.1, 0.15) is 5.82 Å². The average Bonchev–Trinajstić information content (AvgIpc) is 2.99. The summed E-state index contributed by atoms with van der Waals surface area (Å²) < 4.78 is 62.8. The highest BCUT2D eigenvalue weighted by Crippen LogP contribution is 2.46. The zero-order valence-corrected chi connectivity index (χ0v) is 28.4. The van der Waals surface area contributed by atoms with Crippen molar-refractivity contribution in [1.82, 2.24) is 4.98 Å². The molecule has 0 saturated heterocycles. The molecule has 240 valence electrons. The summed E-state index contributed by atoms with van der Waals surface area (Å²) in [5.74, 6) is -0.423. The van der Waals surface area contributed by atoms with Crippen LogP contribution in [0.1, 0.15) is 49.9 Å². The molecule has 4 aromatic carbocycles. The van der Waals surface area contributed by atoms with Crippen molar-refractivity contribution < 1.29 is 26.3 Å². The van der Waals surface area contributed by atoms with Crippen LogP contribution >= 0.6 is 0 Å². The molecule has 9 heteroatoms. The lowest BCUT2D eigenvalue weighted by molar-refractivity contribution is -0.0224. The maximum absolute atomic E-state index is 13.9. The fourth-order valence-corrected chi connectivity index (χ4v) is 7.13. The monoisotopic (exact) mass is 659 g/mol. The molecule has 2 atom stereocenters. The molecule has 1 N–H and O–H groups in total. The Morgan fingerprint density at radius 2 is 1.37 bits per heavy atom. The summed E-state index contributed by atoms with van der Waals surface area (Å²) in [7, 11) is -6.89. The number of hydrogen-bond donors (Lipinski definition) is 1. The van der Waals surface area contributed by atoms with Gasteiger partial charge in [-0.3, -0.25) is 4.98 Å². The van der Waals surface area contributed by atoms with Crippen molar-refractivity contribution >= 4 is 30.6 Å². The minimum absolute atomic E-state index is 0.165. The first-order valence-electron chi connectivity index (χ1n) is 14.8. The number of aliphatic hydroxyl groups is 1. The van der Waals surface area contributed by atoms with E-state index in [1.54, 1.807) is 51.2 Å². The van der Waals surface area contributed by atoms with Gasteiger partial charge in [0.25, 0.3) is 0 Å². The van der Waals surface area contributed by atoms with Gasteiger partial charge < -0.3 is 5.11 Å². The van der Waals surface area contributed by atoms with Crippen molar-refractivity contribution in [3.8, 4) is 11.1 Å². The Morgan fingerprint density at radius 1 is 0.739 bits per heavy atom. The van der Waals surface area contributed by atoms with Crippen molar-refractivity contribution in [3.63, 3.8) is 0 Å². The molecule has 0 radical (unpaired) electrons. The van der Waals surface area contributed by atoms with E-state index in [-0.39, 0.29) is 4.90 Å². The first-order chi connectivity index (χ1) is 21.3. The quantitative estimate of drug-likeness (QED) is 0.181. The molecule has 0 saturated carbocycles. The highest BCUT2D eigenvalue weighted by atomic mass is 32.2. The van der Waals surface area contributed by atoms with Crippen LogP contribution in [0.15, 0.2) is 108 Å². The standard InChI is InChI=1S/C37H38FNO5S2/c1-35(2,46(6,43)44)30-22-27-11-8-20-39-34(27)33(23-30)26-10-7-9-25(21-26)24-36(3,28-14-18-32(19-15-28)45(5,41)42)37(4,40)29-12-16-31(38)17-13-29/h7-23,40H,24H2,1-6H3. The fraction of sp³-hybridized carbons (Fsp3) is 0.270. The van der Waals surface area contributed by atoms with Crippen molar-refractivity contribution in [2.24, 2.45) is 0 Å². The molecule has 1 heterocycles. The molecule has 6 nitrogen and oxygen atoms in total. The largest absolute Gasteiger partial charge is 0.385 e. The Labute approximate surface area is 270 Å². The predicted molar refractivity (Wildman–Crippen MR) is 182 cm³/mol. The molecule has 0 fully saturated rings. The molecule has 5 rings (SSSR count). The van der Waals surface area contributed by atoms with Gasteiger partial charge >= 0.3 is 0 Å². The number of hydrogen-bond acceptors (Lipinski definition) is 6. The molecule has 46 heavy (non-hydrogen) atoms. The summed E-state index contributed by atoms with van der Waals surface area (Å²) in [6.07, 6.45) is 4.40. The number of nitrogens with zero attached hydrogens (tertiary/aromatic N) is 1. The van der Waals surface area contributed by atoms with E-state index in [0.717, 1.165) is 33.8 Å². The maximum atomic E-state index is 13.9. The molecular weight excluding hydrogens is 622 g/mol. The van der Waals surface area contributed by atoms with Crippen LogP contribution in [-0.4, -0.2) is 39.4 Å². The van der Waals surface area contributed by atoms with Crippen LogP contribution in [0, 0.1) is 5.82 Å². The predicted octanol–water partition coefficient (Wildman–Crippen LogP) is 7.13. The summed E-state index contributed by atoms with van der Waals surface area (Å²) in [5.41, 5.74) is 2.51. The van der Waals surface area contributed by atoms with Gasteiger partial charge in [-0.1, -0.05) is 61.5 Å². The second-order valence-corrected chi connectivity index (χ2v) is 17.5. The van der Waals surface area contributed by atoms with Crippen molar-refractivity contribution in [1.29, 1.82) is 0 Å². The van der Waals surface area contributed by atoms with E-state index >= 15 is 0 Å². The van der Waals surface area contributed by atoms with E-state index in [1.165, 1.54) is 30.5 Å². The molecular formula is C37H38FNO5S2. The zero-order chi connectivity index (χ0) is 33.7. The molecule has 1 aromatic heterocycles. The van der Waals surface area contributed by atoms with E-state index in [2.05, 4.69) is 4.98 Å². The molecule has 0 aliphatic rings. The topological polar surface area (TPSA) is 101 Å². The van der Waals surface area contributed by atoms with Crippen LogP contribution in [-0.2, 0) is 41.9 Å². The number of aromatic nitrogens is 1. The number of halogens is 1. The van der Waals surface area contributed by atoms with Gasteiger partial charge in [-0.15, -0.1) is 0 Å². The van der Waals surface area contributed by atoms with Crippen LogP contribution in [0.3, 0.4) is 0 Å². The lowest BCUT2D eigenvalue weighted by Crippen LogP contribution is -2.46. The van der Waals surface area contributed by atoms with Gasteiger partial charge in [0.05, 0.1) is 20.8 Å². The number of fused-ring (bicyclic) bond motifs is 1. The SMILES string of the molecule is CC(O)(c1ccc(F)cc1)C(C)(Cc1cccc(-c2cc(C(C)(C)S(C)(=O)=O)cc3cccnc23)c1)c1ccc(S(C)(=O)=O)cc1. The van der Waals surface area contributed by atoms with Gasteiger partial charge in [-0.25, -0.2) is 21.2 Å². The summed E-state index contributed by atoms with van der Waals surface area (Å²) in [5, 5.41) is 13.1. The van der Waals surface area contributed by atoms with Crippen LogP contribution in [0.2, 0.25) is 0 Å². The van der Waals surface area contributed by atoms with Crippen molar-refractivity contribution in [2.75, 3.05) is 12.5 Å². The van der Waals surface area contributed by atoms with Gasteiger partial charge in [0, 0.05) is 35.1 Å². The molecule has 0 aliphatic heterocycles. The number of pyridine rings is 1. The Bertz CT molecular complexity index is 2140. The lowest BCUT2D eigenvalue weighted by atomic mass is 9.63. The number of rotatable bonds is 9. The minimum Gasteiger partial charge on any atom is -0.385 e. The Morgan fingerprint density at radius 3 is 1.98 bits per heavy atom. The first kappa shape index (κ1) is 33.4. The average molecular weight is 660 g/mol. The number of sulfone groups is 2. The van der Waals surface area contributed by atoms with Gasteiger partial charge in [0.2, 0.25) is 0 Å². The van der Waals surface area contributed by atoms with Crippen LogP contribution in [0.5, 0.6) is 0 Å². The summed E-state index contributed by atoms with van der Waals surface area (Å²) >= 11 is 0. The van der Waals surface area contributed by atoms with Crippen LogP contribution in [0.4, 0.5) is 4.39 Å². The normalized spacial score (nSPS) is 15.3. The van der Waals surface area contributed by atoms with Crippen LogP contribution in [0.25, 0.3) is 22.0 Å². The third-order valence-electron chi connectivity index (χ3n) is 9.52. The maximum Gasteiger partial charge on any atom is 0.175 e. The van der Waals surface area contributed by atoms with Crippen molar-refractivity contribution in [2.45, 2.75) is 54.8 Å². The molecule has 0 spiro atoms. The van der Waals surface area contributed by atoms with E-state index in [9.17, 15) is 26.3 Å². The first-order valence-corrected chi connectivity index (χ1v) is 18.6. The minimum atomic E-state index is -3.45. The highest BCUT2D eigenvalue weighted by Gasteiger charge is 2.46. The second kappa shape index (κ2) is 11.7. The van der Waals surface area contributed by atoms with Gasteiger partial charge in [-0.05, 0) is 97.5 Å². The lowest BCUT2D eigenvalue weighted by Gasteiger charge is -2.44. The molecule has 0 amide bonds. The van der Waals surface area contributed by atoms with E-state index in [1.807, 2.05) is 55.5 Å². The Balaban J connectivity index is 1.67. The Kier molecular flexibility index (Phi) is 8.51. The number of benzene rings is 4. The summed E-state index contributed by atoms with van der Waals surface area (Å²) in [6, 6.07) is 27.5. The molecule has 0 aliphatic carbocycles. The Hall–Kier alpha value is -3.92. The molecule has 2 unspecified atom stereocenters. The smallest absolute Gasteiger partial charge is 0.175 e. The third kappa shape index (κ3) is 6.11. The van der Waals surface area contributed by atoms with E-state index in [0.29, 0.717) is 23.1 Å². The van der Waals surface area contributed by atoms with E-state index in [4.69, 9.17) is 0 Å². The van der Waals surface area contributed by atoms with Gasteiger partial charge in [-0.2, -0.15) is 0 Å². The molecule has 0 bridgehead atoms. The zero-order valence-electron chi connectivity index (χ0n) is 26.7. The van der Waals surface area contributed by atoms with Crippen molar-refractivity contribution in [3.05, 3.63) is 131 Å². The second-order valence-electron chi connectivity index (χ2n) is 13.0. The fourth-order valence-electron chi connectivity index (χ4n) is 5.95. The van der Waals surface area contributed by atoms with Gasteiger partial charge in [0.15, 0.2) is 19.7 Å². The summed E-state index contributed by atoms with van der Waals surface area (Å²) in [4.78, 5) is 4.80. The third-order valence-corrected chi connectivity index (χ3v) is 12.7. The molecule has 5 aromatic rings. The van der Waals surface area contributed by atoms with E-state index < -0.39 is 41.3 Å². The summed E-state index contributed by atoms with van der Waals surface area (Å²) in [6.45, 7) is 6.98. The highest BCUT2D eigenvalue weighted by molar-refractivity contribution is 7.91. The van der Waals surface area contributed by atoms with Crippen LogP contribution < -0.4 is 0 Å².